The summed E-state index contributed by atoms with van der Waals surface area (Å²) in [5, 5.41) is 7.22. The van der Waals surface area contributed by atoms with Crippen LogP contribution in [-0.4, -0.2) is 45.8 Å². The Hall–Kier alpha value is -1.21. The van der Waals surface area contributed by atoms with Gasteiger partial charge >= 0.3 is 6.55 Å². The number of nitrogens with zero attached hydrogens (tertiary/aromatic N) is 3. The Bertz CT molecular complexity index is 564. The van der Waals surface area contributed by atoms with E-state index in [0.29, 0.717) is 27.7 Å². The highest BCUT2D eigenvalue weighted by molar-refractivity contribution is 5.85. The van der Waals surface area contributed by atoms with Crippen molar-refractivity contribution in [1.29, 1.82) is 0 Å². The first-order valence-electron chi connectivity index (χ1n) is 7.83. The summed E-state index contributed by atoms with van der Waals surface area (Å²) in [7, 11) is 0. The highest BCUT2D eigenvalue weighted by Gasteiger charge is 2.38. The first-order valence-corrected chi connectivity index (χ1v) is 7.83. The number of fused-ring (bicyclic) bond motifs is 2. The van der Waals surface area contributed by atoms with Crippen molar-refractivity contribution in [3.8, 4) is 0 Å². The molecule has 1 amide bonds. The van der Waals surface area contributed by atoms with E-state index >= 15 is 0 Å². The Morgan fingerprint density at radius 3 is 2.65 bits per heavy atom. The molecule has 0 saturated carbocycles. The Labute approximate surface area is 140 Å². The molecular formula is C15H23ClF2N4O. The second-order valence-electron chi connectivity index (χ2n) is 6.23. The second kappa shape index (κ2) is 7.13. The number of carbonyl (C=O) groups is 1. The van der Waals surface area contributed by atoms with Crippen molar-refractivity contribution in [2.24, 2.45) is 0 Å². The third-order valence-electron chi connectivity index (χ3n) is 4.93. The fourth-order valence-electron chi connectivity index (χ4n) is 3.77. The molecule has 0 aromatic carbocycles. The summed E-state index contributed by atoms with van der Waals surface area (Å²) in [4.78, 5) is 14.7. The van der Waals surface area contributed by atoms with E-state index in [1.54, 1.807) is 13.8 Å². The molecular weight excluding hydrogens is 326 g/mol. The van der Waals surface area contributed by atoms with Crippen LogP contribution >= 0.6 is 12.4 Å². The fraction of sp³-hybridized carbons (Fsp3) is 0.733. The summed E-state index contributed by atoms with van der Waals surface area (Å²) in [6.07, 6.45) is 3.21. The molecule has 1 aromatic heterocycles. The van der Waals surface area contributed by atoms with Gasteiger partial charge in [-0.05, 0) is 39.7 Å². The summed E-state index contributed by atoms with van der Waals surface area (Å²) in [6.45, 7) is 2.39. The second-order valence-corrected chi connectivity index (χ2v) is 6.23. The van der Waals surface area contributed by atoms with E-state index < -0.39 is 6.55 Å². The van der Waals surface area contributed by atoms with Crippen LogP contribution in [0.25, 0.3) is 0 Å². The molecule has 130 valence electrons. The molecule has 2 bridgehead atoms. The summed E-state index contributed by atoms with van der Waals surface area (Å²) >= 11 is 0. The van der Waals surface area contributed by atoms with Gasteiger partial charge in [-0.3, -0.25) is 4.79 Å². The molecule has 0 spiro atoms. The highest BCUT2D eigenvalue weighted by Crippen LogP contribution is 2.29. The van der Waals surface area contributed by atoms with E-state index in [0.717, 1.165) is 32.4 Å². The maximum atomic E-state index is 12.9. The van der Waals surface area contributed by atoms with E-state index in [1.165, 1.54) is 0 Å². The lowest BCUT2D eigenvalue weighted by atomic mass is 10.1. The summed E-state index contributed by atoms with van der Waals surface area (Å²) in [6, 6.07) is 0.531. The van der Waals surface area contributed by atoms with Crippen LogP contribution in [0.4, 0.5) is 8.78 Å². The molecule has 2 unspecified atom stereocenters. The predicted molar refractivity (Wildman–Crippen MR) is 85.0 cm³/mol. The topological polar surface area (TPSA) is 50.2 Å². The molecule has 0 aliphatic carbocycles. The van der Waals surface area contributed by atoms with Crippen molar-refractivity contribution in [3.63, 3.8) is 0 Å². The van der Waals surface area contributed by atoms with Gasteiger partial charge in [0.05, 0.1) is 12.1 Å². The molecule has 0 radical (unpaired) electrons. The van der Waals surface area contributed by atoms with E-state index in [-0.39, 0.29) is 30.8 Å². The Balaban J connectivity index is 0.00000192. The number of hydrogen-bond acceptors (Lipinski definition) is 3. The largest absolute Gasteiger partial charge is 0.335 e. The Kier molecular flexibility index (Phi) is 5.62. The summed E-state index contributed by atoms with van der Waals surface area (Å²) < 4.78 is 26.5. The van der Waals surface area contributed by atoms with E-state index in [9.17, 15) is 13.6 Å². The van der Waals surface area contributed by atoms with E-state index in [1.807, 2.05) is 4.90 Å². The predicted octanol–water partition coefficient (Wildman–Crippen LogP) is 2.21. The van der Waals surface area contributed by atoms with Crippen LogP contribution < -0.4 is 5.32 Å². The van der Waals surface area contributed by atoms with E-state index in [2.05, 4.69) is 10.4 Å². The van der Waals surface area contributed by atoms with Gasteiger partial charge in [-0.15, -0.1) is 12.4 Å². The number of carbonyl (C=O) groups excluding carboxylic acids is 1. The van der Waals surface area contributed by atoms with Crippen molar-refractivity contribution in [2.45, 2.75) is 58.2 Å². The number of aryl methyl sites for hydroxylation is 1. The number of amides is 1. The van der Waals surface area contributed by atoms with Crippen LogP contribution in [-0.2, 0) is 11.2 Å². The number of rotatable bonds is 3. The number of alkyl halides is 2. The van der Waals surface area contributed by atoms with Crippen LogP contribution in [0.3, 0.4) is 0 Å². The fourth-order valence-corrected chi connectivity index (χ4v) is 3.77. The van der Waals surface area contributed by atoms with Gasteiger partial charge in [0, 0.05) is 29.9 Å². The van der Waals surface area contributed by atoms with Crippen molar-refractivity contribution >= 4 is 18.3 Å². The Morgan fingerprint density at radius 2 is 2.00 bits per heavy atom. The van der Waals surface area contributed by atoms with Crippen LogP contribution in [0.15, 0.2) is 0 Å². The number of halogens is 3. The van der Waals surface area contributed by atoms with Gasteiger partial charge in [0.2, 0.25) is 5.91 Å². The standard InChI is InChI=1S/C15H22F2N4O.ClH/c1-9-13(10(2)21(19-9)15(16)17)7-14(22)20-11-3-4-12(20)8-18-6-5-11;/h11-12,15,18H,3-8H2,1-2H3;1H. The van der Waals surface area contributed by atoms with Crippen LogP contribution in [0.5, 0.6) is 0 Å². The van der Waals surface area contributed by atoms with Crippen molar-refractivity contribution in [2.75, 3.05) is 13.1 Å². The number of nitrogens with one attached hydrogen (secondary N) is 1. The SMILES string of the molecule is Cc1nn(C(F)F)c(C)c1CC(=O)N1C2CCNCC1CC2.Cl. The monoisotopic (exact) mass is 348 g/mol. The average molecular weight is 349 g/mol. The number of hydrogen-bond donors (Lipinski definition) is 1. The lowest BCUT2D eigenvalue weighted by Gasteiger charge is -2.28. The lowest BCUT2D eigenvalue weighted by Crippen LogP contribution is -2.43. The van der Waals surface area contributed by atoms with Crippen molar-refractivity contribution in [1.82, 2.24) is 20.0 Å². The smallest absolute Gasteiger partial charge is 0.333 e. The molecule has 3 rings (SSSR count). The van der Waals surface area contributed by atoms with E-state index in [4.69, 9.17) is 0 Å². The minimum atomic E-state index is -2.67. The molecule has 1 aromatic rings. The molecule has 2 aliphatic heterocycles. The van der Waals surface area contributed by atoms with Gasteiger partial charge in [0.15, 0.2) is 0 Å². The zero-order valence-corrected chi connectivity index (χ0v) is 14.2. The van der Waals surface area contributed by atoms with Crippen molar-refractivity contribution < 1.29 is 13.6 Å². The number of aromatic nitrogens is 2. The van der Waals surface area contributed by atoms with Gasteiger partial charge in [-0.1, -0.05) is 0 Å². The third-order valence-corrected chi connectivity index (χ3v) is 4.93. The molecule has 2 fully saturated rings. The first-order chi connectivity index (χ1) is 10.5. The maximum Gasteiger partial charge on any atom is 0.333 e. The van der Waals surface area contributed by atoms with Gasteiger partial charge in [-0.2, -0.15) is 13.9 Å². The highest BCUT2D eigenvalue weighted by atomic mass is 35.5. The molecule has 3 heterocycles. The van der Waals surface area contributed by atoms with Gasteiger partial charge in [0.1, 0.15) is 0 Å². The molecule has 2 aliphatic rings. The molecule has 5 nitrogen and oxygen atoms in total. The van der Waals surface area contributed by atoms with Gasteiger partial charge in [-0.25, -0.2) is 4.68 Å². The minimum absolute atomic E-state index is 0. The third kappa shape index (κ3) is 3.35. The molecule has 2 saturated heterocycles. The zero-order valence-electron chi connectivity index (χ0n) is 13.4. The summed E-state index contributed by atoms with van der Waals surface area (Å²) in [5.74, 6) is 0.0382. The van der Waals surface area contributed by atoms with Gasteiger partial charge in [0.25, 0.3) is 0 Å². The van der Waals surface area contributed by atoms with Crippen LogP contribution in [0.1, 0.15) is 42.8 Å². The molecule has 1 N–H and O–H groups in total. The average Bonchev–Trinajstić information content (AvgIpc) is 2.88. The van der Waals surface area contributed by atoms with Gasteiger partial charge < -0.3 is 10.2 Å². The normalized spacial score (nSPS) is 23.8. The summed E-state index contributed by atoms with van der Waals surface area (Å²) in [5.41, 5.74) is 1.55. The molecule has 2 atom stereocenters. The zero-order chi connectivity index (χ0) is 15.9. The van der Waals surface area contributed by atoms with Crippen LogP contribution in [0, 0.1) is 13.8 Å². The van der Waals surface area contributed by atoms with Crippen LogP contribution in [0.2, 0.25) is 0 Å². The van der Waals surface area contributed by atoms with Crippen molar-refractivity contribution in [3.05, 3.63) is 17.0 Å². The Morgan fingerprint density at radius 1 is 1.30 bits per heavy atom. The maximum absolute atomic E-state index is 12.9. The quantitative estimate of drug-likeness (QED) is 0.911. The molecule has 23 heavy (non-hydrogen) atoms. The lowest BCUT2D eigenvalue weighted by molar-refractivity contribution is -0.133. The minimum Gasteiger partial charge on any atom is -0.335 e. The molecule has 8 heteroatoms. The first kappa shape index (κ1) is 18.1.